The highest BCUT2D eigenvalue weighted by atomic mass is 35.5. The Kier molecular flexibility index (Phi) is 5.95. The lowest BCUT2D eigenvalue weighted by Gasteiger charge is -2.17. The van der Waals surface area contributed by atoms with E-state index in [1.165, 1.54) is 19.2 Å². The van der Waals surface area contributed by atoms with Crippen LogP contribution in [0.1, 0.15) is 17.0 Å². The number of hydrogen-bond acceptors (Lipinski definition) is 9. The first-order valence-corrected chi connectivity index (χ1v) is 10.2. The molecule has 5 N–H and O–H groups in total. The number of rotatable bonds is 5. The van der Waals surface area contributed by atoms with Gasteiger partial charge in [0, 0.05) is 18.5 Å². The molecule has 0 bridgehead atoms. The maximum Gasteiger partial charge on any atom is 0.267 e. The second-order valence-corrected chi connectivity index (χ2v) is 7.57. The van der Waals surface area contributed by atoms with Crippen molar-refractivity contribution < 1.29 is 8.78 Å². The fraction of sp³-hybridized carbons (Fsp3) is 0.143. The van der Waals surface area contributed by atoms with Crippen molar-refractivity contribution in [1.82, 2.24) is 24.5 Å². The van der Waals surface area contributed by atoms with Crippen LogP contribution in [0, 0.1) is 29.9 Å². The summed E-state index contributed by atoms with van der Waals surface area (Å²) in [6.45, 7) is 1.55. The van der Waals surface area contributed by atoms with Gasteiger partial charge < -0.3 is 16.8 Å². The normalized spacial score (nSPS) is 10.9. The van der Waals surface area contributed by atoms with E-state index in [0.717, 1.165) is 16.8 Å². The number of pyridine rings is 1. The van der Waals surface area contributed by atoms with Crippen LogP contribution in [0.5, 0.6) is 0 Å². The third kappa shape index (κ3) is 3.93. The smallest absolute Gasteiger partial charge is 0.267 e. The average Bonchev–Trinajstić information content (AvgIpc) is 2.78. The summed E-state index contributed by atoms with van der Waals surface area (Å²) in [5.41, 5.74) is 10.7. The minimum absolute atomic E-state index is 0.0000572. The Morgan fingerprint density at radius 3 is 2.68 bits per heavy atom. The van der Waals surface area contributed by atoms with Crippen molar-refractivity contribution in [2.45, 2.75) is 13.3 Å². The Bertz CT molecular complexity index is 1550. The molecule has 13 heteroatoms. The molecule has 10 nitrogen and oxygen atoms in total. The van der Waals surface area contributed by atoms with Gasteiger partial charge in [-0.15, -0.1) is 0 Å². The fourth-order valence-corrected chi connectivity index (χ4v) is 3.65. The van der Waals surface area contributed by atoms with Gasteiger partial charge in [0.25, 0.3) is 5.56 Å². The van der Waals surface area contributed by atoms with E-state index in [1.54, 1.807) is 0 Å². The molecule has 0 spiro atoms. The zero-order chi connectivity index (χ0) is 24.6. The van der Waals surface area contributed by atoms with Gasteiger partial charge in [0.1, 0.15) is 40.4 Å². The molecule has 0 unspecified atom stereocenters. The summed E-state index contributed by atoms with van der Waals surface area (Å²) in [6.07, 6.45) is 2.35. The third-order valence-corrected chi connectivity index (χ3v) is 5.38. The molecule has 0 aliphatic carbocycles. The van der Waals surface area contributed by atoms with Crippen LogP contribution in [-0.2, 0) is 6.42 Å². The molecule has 4 rings (SSSR count). The largest absolute Gasteiger partial charge is 0.382 e. The average molecular weight is 484 g/mol. The first kappa shape index (κ1) is 22.8. The Balaban J connectivity index is 1.84. The number of nitrogens with one attached hydrogen (secondary N) is 1. The Morgan fingerprint density at radius 2 is 1.94 bits per heavy atom. The summed E-state index contributed by atoms with van der Waals surface area (Å²) < 4.78 is 29.9. The first-order chi connectivity index (χ1) is 16.2. The van der Waals surface area contributed by atoms with Crippen LogP contribution in [0.3, 0.4) is 0 Å². The molecule has 172 valence electrons. The predicted octanol–water partition coefficient (Wildman–Crippen LogP) is 2.50. The van der Waals surface area contributed by atoms with Gasteiger partial charge in [-0.1, -0.05) is 11.6 Å². The minimum atomic E-state index is -0.741. The predicted molar refractivity (Wildman–Crippen MR) is 123 cm³/mol. The number of aromatic nitrogens is 5. The molecule has 0 saturated heterocycles. The maximum absolute atomic E-state index is 14.5. The van der Waals surface area contributed by atoms with Crippen molar-refractivity contribution in [3.63, 3.8) is 0 Å². The van der Waals surface area contributed by atoms with Gasteiger partial charge in [-0.3, -0.25) is 14.3 Å². The molecule has 0 aliphatic heterocycles. The number of nitrogen functional groups attached to an aromatic ring is 2. The quantitative estimate of drug-likeness (QED) is 0.387. The van der Waals surface area contributed by atoms with Gasteiger partial charge in [0.15, 0.2) is 5.82 Å². The van der Waals surface area contributed by atoms with E-state index in [-0.39, 0.29) is 69.1 Å². The summed E-state index contributed by atoms with van der Waals surface area (Å²) in [6, 6.07) is 4.23. The van der Waals surface area contributed by atoms with Crippen molar-refractivity contribution in [1.29, 1.82) is 5.26 Å². The molecular formula is C21H16ClF2N9O. The summed E-state index contributed by atoms with van der Waals surface area (Å²) in [7, 11) is 0. The van der Waals surface area contributed by atoms with Gasteiger partial charge in [-0.05, 0) is 19.1 Å². The standard InChI is InChI=1S/C21H16ClF2N9O/c1-9-13(24)7-28-8-14(9)33-15(30-17-12(23)3-2-11(22)16(17)20(33)34)4-5-29-19-10(6-25)18(26)31-21(27)32-19/h2-3,7-8H,4-5H2,1H3,(H5,26,27,29,31,32). The molecule has 3 heterocycles. The van der Waals surface area contributed by atoms with Crippen LogP contribution in [0.15, 0.2) is 29.3 Å². The SMILES string of the molecule is Cc1c(F)cncc1-n1c(CCNc2nc(N)nc(N)c2C#N)nc2c(F)ccc(Cl)c2c1=O. The van der Waals surface area contributed by atoms with E-state index in [0.29, 0.717) is 0 Å². The molecular weight excluding hydrogens is 468 g/mol. The van der Waals surface area contributed by atoms with Crippen LogP contribution < -0.4 is 22.3 Å². The van der Waals surface area contributed by atoms with E-state index in [2.05, 4.69) is 25.3 Å². The van der Waals surface area contributed by atoms with Crippen molar-refractivity contribution >= 4 is 40.1 Å². The van der Waals surface area contributed by atoms with Crippen LogP contribution in [-0.4, -0.2) is 31.0 Å². The highest BCUT2D eigenvalue weighted by Gasteiger charge is 2.20. The number of nitriles is 1. The van der Waals surface area contributed by atoms with Gasteiger partial charge in [-0.2, -0.15) is 15.2 Å². The fourth-order valence-electron chi connectivity index (χ4n) is 3.42. The highest BCUT2D eigenvalue weighted by molar-refractivity contribution is 6.35. The molecule has 0 amide bonds. The maximum atomic E-state index is 14.5. The van der Waals surface area contributed by atoms with Crippen LogP contribution >= 0.6 is 11.6 Å². The van der Waals surface area contributed by atoms with Gasteiger partial charge >= 0.3 is 0 Å². The number of nitrogens with two attached hydrogens (primary N) is 2. The number of nitrogens with zero attached hydrogens (tertiary/aromatic N) is 6. The molecule has 4 aromatic rings. The highest BCUT2D eigenvalue weighted by Crippen LogP contribution is 2.25. The van der Waals surface area contributed by atoms with E-state index in [9.17, 15) is 18.8 Å². The number of hydrogen-bond donors (Lipinski definition) is 3. The van der Waals surface area contributed by atoms with Crippen molar-refractivity contribution in [2.24, 2.45) is 0 Å². The molecule has 0 aliphatic rings. The second kappa shape index (κ2) is 8.87. The summed E-state index contributed by atoms with van der Waals surface area (Å²) >= 11 is 6.17. The first-order valence-electron chi connectivity index (χ1n) is 9.80. The Morgan fingerprint density at radius 1 is 1.18 bits per heavy atom. The minimum Gasteiger partial charge on any atom is -0.382 e. The second-order valence-electron chi connectivity index (χ2n) is 7.17. The molecule has 34 heavy (non-hydrogen) atoms. The lowest BCUT2D eigenvalue weighted by atomic mass is 10.2. The van der Waals surface area contributed by atoms with E-state index < -0.39 is 17.2 Å². The van der Waals surface area contributed by atoms with Crippen molar-refractivity contribution in [3.05, 3.63) is 68.5 Å². The van der Waals surface area contributed by atoms with Gasteiger partial charge in [-0.25, -0.2) is 13.8 Å². The van der Waals surface area contributed by atoms with Gasteiger partial charge in [0.05, 0.1) is 28.5 Å². The van der Waals surface area contributed by atoms with Crippen LogP contribution in [0.2, 0.25) is 5.02 Å². The van der Waals surface area contributed by atoms with Crippen LogP contribution in [0.25, 0.3) is 16.6 Å². The molecule has 1 aromatic carbocycles. The number of halogens is 3. The van der Waals surface area contributed by atoms with E-state index in [1.807, 2.05) is 6.07 Å². The number of fused-ring (bicyclic) bond motifs is 1. The topological polar surface area (TPSA) is 161 Å². The van der Waals surface area contributed by atoms with Crippen molar-refractivity contribution in [2.75, 3.05) is 23.3 Å². The summed E-state index contributed by atoms with van der Waals surface area (Å²) in [5.74, 6) is -1.44. The summed E-state index contributed by atoms with van der Waals surface area (Å²) in [5, 5.41) is 12.1. The molecule has 0 fully saturated rings. The molecule has 0 saturated carbocycles. The number of anilines is 3. The molecule has 0 atom stereocenters. The molecule has 3 aromatic heterocycles. The third-order valence-electron chi connectivity index (χ3n) is 5.07. The zero-order valence-corrected chi connectivity index (χ0v) is 18.4. The lowest BCUT2D eigenvalue weighted by molar-refractivity contribution is 0.608. The molecule has 0 radical (unpaired) electrons. The van der Waals surface area contributed by atoms with E-state index >= 15 is 0 Å². The van der Waals surface area contributed by atoms with Crippen LogP contribution in [0.4, 0.5) is 26.4 Å². The monoisotopic (exact) mass is 483 g/mol. The van der Waals surface area contributed by atoms with Crippen molar-refractivity contribution in [3.8, 4) is 11.8 Å². The van der Waals surface area contributed by atoms with E-state index in [4.69, 9.17) is 23.1 Å². The lowest BCUT2D eigenvalue weighted by Crippen LogP contribution is -2.27. The number of benzene rings is 1. The van der Waals surface area contributed by atoms with Gasteiger partial charge in [0.2, 0.25) is 5.95 Å². The summed E-state index contributed by atoms with van der Waals surface area (Å²) in [4.78, 5) is 29.3. The zero-order valence-electron chi connectivity index (χ0n) is 17.6. The Labute approximate surface area is 195 Å². The Hall–Kier alpha value is -4.37.